The number of carbonyl (C=O) groups is 3. The second-order valence-corrected chi connectivity index (χ2v) is 7.93. The maximum atomic E-state index is 12.7. The number of anilines is 1. The number of carbonyl (C=O) groups excluding carboxylic acids is 3. The van der Waals surface area contributed by atoms with E-state index in [0.717, 1.165) is 44.7 Å². The van der Waals surface area contributed by atoms with Crippen LogP contribution in [0.3, 0.4) is 0 Å². The van der Waals surface area contributed by atoms with Crippen molar-refractivity contribution in [3.63, 3.8) is 0 Å². The molecule has 1 aromatic rings. The van der Waals surface area contributed by atoms with Crippen molar-refractivity contribution < 1.29 is 14.4 Å². The van der Waals surface area contributed by atoms with Crippen LogP contribution in [-0.2, 0) is 9.59 Å². The molecule has 0 N–H and O–H groups in total. The molecule has 0 bridgehead atoms. The molecule has 4 rings (SSSR count). The molecule has 7 nitrogen and oxygen atoms in total. The lowest BCUT2D eigenvalue weighted by atomic mass is 10.1. The Hall–Kier alpha value is -2.57. The van der Waals surface area contributed by atoms with Crippen molar-refractivity contribution in [2.45, 2.75) is 19.8 Å². The first-order chi connectivity index (χ1) is 13.5. The van der Waals surface area contributed by atoms with Gasteiger partial charge in [0.1, 0.15) is 0 Å². The van der Waals surface area contributed by atoms with E-state index >= 15 is 0 Å². The van der Waals surface area contributed by atoms with Gasteiger partial charge in [0.05, 0.1) is 0 Å². The molecular weight excluding hydrogens is 356 g/mol. The minimum absolute atomic E-state index is 0.0228. The SMILES string of the molecule is CC(=O)N1CCN(C(=O)c2ccc(N3CCN(C(=O)C4CC4)CC3)cc2)CC1. The third-order valence-electron chi connectivity index (χ3n) is 6.01. The molecule has 0 aromatic heterocycles. The smallest absolute Gasteiger partial charge is 0.253 e. The van der Waals surface area contributed by atoms with Gasteiger partial charge in [-0.25, -0.2) is 0 Å². The Kier molecular flexibility index (Phi) is 5.24. The zero-order chi connectivity index (χ0) is 19.7. The van der Waals surface area contributed by atoms with Crippen LogP contribution in [0.5, 0.6) is 0 Å². The highest BCUT2D eigenvalue weighted by atomic mass is 16.2. The van der Waals surface area contributed by atoms with Gasteiger partial charge in [0.15, 0.2) is 0 Å². The van der Waals surface area contributed by atoms with Crippen molar-refractivity contribution in [1.82, 2.24) is 14.7 Å². The molecule has 28 heavy (non-hydrogen) atoms. The van der Waals surface area contributed by atoms with Gasteiger partial charge in [-0.1, -0.05) is 0 Å². The number of piperazine rings is 2. The average molecular weight is 384 g/mol. The number of nitrogens with zero attached hydrogens (tertiary/aromatic N) is 4. The third-order valence-corrected chi connectivity index (χ3v) is 6.01. The van der Waals surface area contributed by atoms with Crippen molar-refractivity contribution in [3.8, 4) is 0 Å². The van der Waals surface area contributed by atoms with Crippen molar-refractivity contribution in [2.24, 2.45) is 5.92 Å². The fourth-order valence-electron chi connectivity index (χ4n) is 4.00. The molecule has 2 aliphatic heterocycles. The van der Waals surface area contributed by atoms with Gasteiger partial charge in [0.25, 0.3) is 5.91 Å². The predicted octanol–water partition coefficient (Wildman–Crippen LogP) is 1.05. The molecule has 1 aliphatic carbocycles. The summed E-state index contributed by atoms with van der Waals surface area (Å²) in [6, 6.07) is 7.77. The molecular formula is C21H28N4O3. The molecule has 0 spiro atoms. The maximum absolute atomic E-state index is 12.7. The Morgan fingerprint density at radius 1 is 0.750 bits per heavy atom. The molecule has 1 aromatic carbocycles. The van der Waals surface area contributed by atoms with Gasteiger partial charge in [-0.3, -0.25) is 14.4 Å². The van der Waals surface area contributed by atoms with Crippen LogP contribution in [0, 0.1) is 5.92 Å². The normalized spacial score (nSPS) is 20.3. The topological polar surface area (TPSA) is 64.2 Å². The summed E-state index contributed by atoms with van der Waals surface area (Å²) in [5.74, 6) is 0.699. The van der Waals surface area contributed by atoms with Crippen LogP contribution in [0.15, 0.2) is 24.3 Å². The number of benzene rings is 1. The van der Waals surface area contributed by atoms with E-state index in [4.69, 9.17) is 0 Å². The first-order valence-corrected chi connectivity index (χ1v) is 10.2. The quantitative estimate of drug-likeness (QED) is 0.782. The average Bonchev–Trinajstić information content (AvgIpc) is 3.58. The molecule has 3 amide bonds. The lowest BCUT2D eigenvalue weighted by Crippen LogP contribution is -2.50. The van der Waals surface area contributed by atoms with Crippen LogP contribution in [0.4, 0.5) is 5.69 Å². The van der Waals surface area contributed by atoms with Gasteiger partial charge in [0.2, 0.25) is 11.8 Å². The number of hydrogen-bond acceptors (Lipinski definition) is 4. The Balaban J connectivity index is 1.31. The van der Waals surface area contributed by atoms with E-state index in [2.05, 4.69) is 4.90 Å². The highest BCUT2D eigenvalue weighted by molar-refractivity contribution is 5.94. The molecule has 2 heterocycles. The van der Waals surface area contributed by atoms with E-state index in [1.54, 1.807) is 11.8 Å². The summed E-state index contributed by atoms with van der Waals surface area (Å²) in [6.45, 7) is 7.14. The van der Waals surface area contributed by atoms with Crippen molar-refractivity contribution in [2.75, 3.05) is 57.3 Å². The fourth-order valence-corrected chi connectivity index (χ4v) is 4.00. The van der Waals surface area contributed by atoms with E-state index in [1.807, 2.05) is 34.1 Å². The molecule has 2 saturated heterocycles. The zero-order valence-electron chi connectivity index (χ0n) is 16.5. The Morgan fingerprint density at radius 3 is 1.82 bits per heavy atom. The largest absolute Gasteiger partial charge is 0.368 e. The summed E-state index contributed by atoms with van der Waals surface area (Å²) in [7, 11) is 0. The molecule has 0 atom stereocenters. The number of rotatable bonds is 3. The third kappa shape index (κ3) is 3.98. The standard InChI is InChI=1S/C21H28N4O3/c1-16(26)22-8-12-24(13-9-22)21(28)18-4-6-19(7-5-18)23-10-14-25(15-11-23)20(27)17-2-3-17/h4-7,17H,2-3,8-15H2,1H3. The van der Waals surface area contributed by atoms with Crippen molar-refractivity contribution in [1.29, 1.82) is 0 Å². The summed E-state index contributed by atoms with van der Waals surface area (Å²) in [5.41, 5.74) is 1.78. The predicted molar refractivity (Wildman–Crippen MR) is 106 cm³/mol. The van der Waals surface area contributed by atoms with Crippen LogP contribution in [0.25, 0.3) is 0 Å². The van der Waals surface area contributed by atoms with E-state index < -0.39 is 0 Å². The van der Waals surface area contributed by atoms with Gasteiger partial charge in [-0.15, -0.1) is 0 Å². The van der Waals surface area contributed by atoms with Crippen molar-refractivity contribution >= 4 is 23.4 Å². The molecule has 3 fully saturated rings. The van der Waals surface area contributed by atoms with Gasteiger partial charge in [0, 0.05) is 76.5 Å². The molecule has 3 aliphatic rings. The van der Waals surface area contributed by atoms with E-state index in [1.165, 1.54) is 0 Å². The molecule has 1 saturated carbocycles. The van der Waals surface area contributed by atoms with Gasteiger partial charge in [-0.05, 0) is 37.1 Å². The van der Waals surface area contributed by atoms with E-state index in [0.29, 0.717) is 37.6 Å². The lowest BCUT2D eigenvalue weighted by molar-refractivity contribution is -0.133. The Morgan fingerprint density at radius 2 is 1.29 bits per heavy atom. The fraction of sp³-hybridized carbons (Fsp3) is 0.571. The molecule has 150 valence electrons. The molecule has 0 radical (unpaired) electrons. The first-order valence-electron chi connectivity index (χ1n) is 10.2. The highest BCUT2D eigenvalue weighted by Gasteiger charge is 2.34. The first kappa shape index (κ1) is 18.8. The Labute approximate surface area is 165 Å². The van der Waals surface area contributed by atoms with Gasteiger partial charge < -0.3 is 19.6 Å². The summed E-state index contributed by atoms with van der Waals surface area (Å²) in [6.07, 6.45) is 2.11. The van der Waals surface area contributed by atoms with Gasteiger partial charge >= 0.3 is 0 Å². The van der Waals surface area contributed by atoms with Gasteiger partial charge in [-0.2, -0.15) is 0 Å². The van der Waals surface area contributed by atoms with Crippen LogP contribution in [0.2, 0.25) is 0 Å². The summed E-state index contributed by atoms with van der Waals surface area (Å²) in [5, 5.41) is 0. The van der Waals surface area contributed by atoms with Crippen LogP contribution in [0.1, 0.15) is 30.1 Å². The van der Waals surface area contributed by atoms with Crippen LogP contribution >= 0.6 is 0 Å². The van der Waals surface area contributed by atoms with Crippen LogP contribution in [-0.4, -0.2) is 84.8 Å². The zero-order valence-corrected chi connectivity index (χ0v) is 16.5. The second kappa shape index (κ2) is 7.81. The Bertz CT molecular complexity index is 743. The van der Waals surface area contributed by atoms with Crippen molar-refractivity contribution in [3.05, 3.63) is 29.8 Å². The maximum Gasteiger partial charge on any atom is 0.253 e. The molecule has 7 heteroatoms. The van der Waals surface area contributed by atoms with E-state index in [-0.39, 0.29) is 17.7 Å². The lowest BCUT2D eigenvalue weighted by Gasteiger charge is -2.36. The van der Waals surface area contributed by atoms with E-state index in [9.17, 15) is 14.4 Å². The molecule has 0 unspecified atom stereocenters. The highest BCUT2D eigenvalue weighted by Crippen LogP contribution is 2.31. The second-order valence-electron chi connectivity index (χ2n) is 7.93. The summed E-state index contributed by atoms with van der Waals surface area (Å²) >= 11 is 0. The summed E-state index contributed by atoms with van der Waals surface area (Å²) in [4.78, 5) is 44.2. The van der Waals surface area contributed by atoms with Crippen LogP contribution < -0.4 is 4.90 Å². The number of amides is 3. The summed E-state index contributed by atoms with van der Waals surface area (Å²) < 4.78 is 0. The minimum atomic E-state index is 0.0228. The number of hydrogen-bond donors (Lipinski definition) is 0. The minimum Gasteiger partial charge on any atom is -0.368 e. The monoisotopic (exact) mass is 384 g/mol.